The van der Waals surface area contributed by atoms with Gasteiger partial charge < -0.3 is 4.98 Å². The van der Waals surface area contributed by atoms with Crippen LogP contribution in [0.4, 0.5) is 4.39 Å². The van der Waals surface area contributed by atoms with Crippen LogP contribution in [0.15, 0.2) is 65.8 Å². The number of fused-ring (bicyclic) bond motifs is 4. The summed E-state index contributed by atoms with van der Waals surface area (Å²) in [7, 11) is 0. The first-order valence-electron chi connectivity index (χ1n) is 10.5. The number of halogens is 1. The molecule has 0 amide bonds. The highest BCUT2D eigenvalue weighted by Gasteiger charge is 2.18. The van der Waals surface area contributed by atoms with Crippen molar-refractivity contribution < 1.29 is 4.39 Å². The average molecular weight is 439 g/mol. The Morgan fingerprint density at radius 1 is 1.06 bits per heavy atom. The van der Waals surface area contributed by atoms with Gasteiger partial charge in [0.2, 0.25) is 0 Å². The van der Waals surface area contributed by atoms with Crippen molar-refractivity contribution in [2.24, 2.45) is 0 Å². The molecule has 0 radical (unpaired) electrons. The summed E-state index contributed by atoms with van der Waals surface area (Å²) in [5.74, 6) is -0.295. The summed E-state index contributed by atoms with van der Waals surface area (Å²) >= 11 is 0. The maximum absolute atomic E-state index is 13.7. The fraction of sp³-hybridized carbons (Fsp3) is 0.125. The third kappa shape index (κ3) is 3.08. The molecule has 0 fully saturated rings. The Bertz CT molecular complexity index is 1720. The lowest BCUT2D eigenvalue weighted by Gasteiger charge is -2.06. The van der Waals surface area contributed by atoms with Crippen LogP contribution in [-0.2, 0) is 13.0 Å². The van der Waals surface area contributed by atoms with E-state index in [-0.39, 0.29) is 16.9 Å². The molecular weight excluding hydrogens is 421 g/mol. The standard InChI is InChI=1S/C24H18FN7O/c1-14-20(15-5-3-2-4-6-15)22-29-28-21-23(32(22)30-14)27-13-31(24(21)33)10-9-16-12-26-19-8-7-17(25)11-18(16)19/h2-8,11-13,26H,9-10H2,1H3. The highest BCUT2D eigenvalue weighted by molar-refractivity contribution is 5.84. The van der Waals surface area contributed by atoms with Crippen molar-refractivity contribution in [3.63, 3.8) is 0 Å². The van der Waals surface area contributed by atoms with Gasteiger partial charge in [-0.3, -0.25) is 9.36 Å². The predicted octanol–water partition coefficient (Wildman–Crippen LogP) is 3.67. The normalized spacial score (nSPS) is 11.7. The fourth-order valence-corrected chi connectivity index (χ4v) is 4.27. The highest BCUT2D eigenvalue weighted by Crippen LogP contribution is 2.27. The molecule has 0 atom stereocenters. The van der Waals surface area contributed by atoms with Gasteiger partial charge in [0, 0.05) is 23.6 Å². The molecule has 0 saturated heterocycles. The molecule has 8 nitrogen and oxygen atoms in total. The maximum atomic E-state index is 13.7. The van der Waals surface area contributed by atoms with Crippen LogP contribution in [-0.4, -0.2) is 34.3 Å². The minimum absolute atomic E-state index is 0.150. The number of aromatic amines is 1. The molecule has 0 aliphatic heterocycles. The third-order valence-electron chi connectivity index (χ3n) is 5.89. The monoisotopic (exact) mass is 439 g/mol. The van der Waals surface area contributed by atoms with Gasteiger partial charge in [-0.2, -0.15) is 9.61 Å². The van der Waals surface area contributed by atoms with Crippen molar-refractivity contribution in [3.05, 3.63) is 88.5 Å². The number of aromatic nitrogens is 7. The van der Waals surface area contributed by atoms with Gasteiger partial charge in [-0.25, -0.2) is 9.37 Å². The Morgan fingerprint density at radius 2 is 1.91 bits per heavy atom. The van der Waals surface area contributed by atoms with Crippen LogP contribution < -0.4 is 5.56 Å². The molecule has 1 N–H and O–H groups in total. The summed E-state index contributed by atoms with van der Waals surface area (Å²) in [6.45, 7) is 2.27. The largest absolute Gasteiger partial charge is 0.361 e. The lowest BCUT2D eigenvalue weighted by atomic mass is 10.1. The molecule has 0 unspecified atom stereocenters. The van der Waals surface area contributed by atoms with E-state index < -0.39 is 0 Å². The van der Waals surface area contributed by atoms with Crippen LogP contribution in [0.25, 0.3) is 38.8 Å². The van der Waals surface area contributed by atoms with Crippen LogP contribution in [0.2, 0.25) is 0 Å². The topological polar surface area (TPSA) is 93.8 Å². The number of benzene rings is 2. The number of hydrogen-bond acceptors (Lipinski definition) is 5. The van der Waals surface area contributed by atoms with Crippen LogP contribution >= 0.6 is 0 Å². The summed E-state index contributed by atoms with van der Waals surface area (Å²) in [5.41, 5.74) is 5.16. The van der Waals surface area contributed by atoms with Gasteiger partial charge in [0.05, 0.1) is 11.3 Å². The van der Waals surface area contributed by atoms with E-state index in [0.29, 0.717) is 24.3 Å². The zero-order chi connectivity index (χ0) is 22.5. The summed E-state index contributed by atoms with van der Waals surface area (Å²) in [6.07, 6.45) is 3.87. The van der Waals surface area contributed by atoms with Crippen LogP contribution in [0.5, 0.6) is 0 Å². The fourth-order valence-electron chi connectivity index (χ4n) is 4.27. The molecule has 2 aromatic carbocycles. The molecule has 6 rings (SSSR count). The summed E-state index contributed by atoms with van der Waals surface area (Å²) in [4.78, 5) is 20.7. The average Bonchev–Trinajstić information content (AvgIpc) is 3.38. The van der Waals surface area contributed by atoms with Crippen molar-refractivity contribution in [1.29, 1.82) is 0 Å². The molecule has 6 aromatic rings. The Labute approximate surface area is 186 Å². The SMILES string of the molecule is Cc1nn2c(nnc3c(=O)n(CCc4c[nH]c5ccc(F)cc45)cnc32)c1-c1ccccc1. The van der Waals surface area contributed by atoms with Gasteiger partial charge >= 0.3 is 0 Å². The zero-order valence-electron chi connectivity index (χ0n) is 17.7. The first-order valence-corrected chi connectivity index (χ1v) is 10.5. The van der Waals surface area contributed by atoms with E-state index in [1.165, 1.54) is 23.0 Å². The predicted molar refractivity (Wildman–Crippen MR) is 122 cm³/mol. The quantitative estimate of drug-likeness (QED) is 0.452. The number of nitrogens with zero attached hydrogens (tertiary/aromatic N) is 6. The first kappa shape index (κ1) is 19.3. The van der Waals surface area contributed by atoms with Crippen molar-refractivity contribution in [1.82, 2.24) is 34.3 Å². The van der Waals surface area contributed by atoms with Crippen molar-refractivity contribution >= 4 is 27.7 Å². The summed E-state index contributed by atoms with van der Waals surface area (Å²) < 4.78 is 16.7. The van der Waals surface area contributed by atoms with E-state index in [2.05, 4.69) is 25.3 Å². The van der Waals surface area contributed by atoms with E-state index in [9.17, 15) is 9.18 Å². The molecule has 9 heteroatoms. The number of hydrogen-bond donors (Lipinski definition) is 1. The van der Waals surface area contributed by atoms with Gasteiger partial charge in [-0.1, -0.05) is 30.3 Å². The van der Waals surface area contributed by atoms with E-state index in [1.54, 1.807) is 10.6 Å². The van der Waals surface area contributed by atoms with Crippen LogP contribution in [0, 0.1) is 12.7 Å². The smallest absolute Gasteiger partial charge is 0.283 e. The Morgan fingerprint density at radius 3 is 2.76 bits per heavy atom. The number of H-pyrrole nitrogens is 1. The number of nitrogens with one attached hydrogen (secondary N) is 1. The van der Waals surface area contributed by atoms with Gasteiger partial charge in [-0.05, 0) is 42.7 Å². The van der Waals surface area contributed by atoms with Gasteiger partial charge in [0.1, 0.15) is 12.1 Å². The van der Waals surface area contributed by atoms with E-state index in [0.717, 1.165) is 33.3 Å². The second-order valence-electron chi connectivity index (χ2n) is 7.93. The molecule has 33 heavy (non-hydrogen) atoms. The molecular formula is C24H18FN7O. The Kier molecular flexibility index (Phi) is 4.29. The van der Waals surface area contributed by atoms with E-state index in [4.69, 9.17) is 0 Å². The molecule has 4 heterocycles. The molecule has 162 valence electrons. The number of aryl methyl sites for hydroxylation is 3. The highest BCUT2D eigenvalue weighted by atomic mass is 19.1. The van der Waals surface area contributed by atoms with Crippen molar-refractivity contribution in [2.75, 3.05) is 0 Å². The molecule has 0 spiro atoms. The lowest BCUT2D eigenvalue weighted by molar-refractivity contribution is 0.629. The van der Waals surface area contributed by atoms with Crippen LogP contribution in [0.1, 0.15) is 11.3 Å². The maximum Gasteiger partial charge on any atom is 0.283 e. The van der Waals surface area contributed by atoms with Gasteiger partial charge in [-0.15, -0.1) is 10.2 Å². The van der Waals surface area contributed by atoms with Crippen LogP contribution in [0.3, 0.4) is 0 Å². The third-order valence-corrected chi connectivity index (χ3v) is 5.89. The Balaban J connectivity index is 1.40. The van der Waals surface area contributed by atoms with Crippen molar-refractivity contribution in [3.8, 4) is 11.1 Å². The van der Waals surface area contributed by atoms with Crippen molar-refractivity contribution in [2.45, 2.75) is 19.9 Å². The Hall–Kier alpha value is -4.40. The second kappa shape index (κ2) is 7.33. The zero-order valence-corrected chi connectivity index (χ0v) is 17.7. The molecule has 4 aromatic heterocycles. The minimum atomic E-state index is -0.296. The molecule has 0 bridgehead atoms. The first-order chi connectivity index (χ1) is 16.1. The molecule has 0 aliphatic rings. The lowest BCUT2D eigenvalue weighted by Crippen LogP contribution is -2.23. The van der Waals surface area contributed by atoms with E-state index >= 15 is 0 Å². The minimum Gasteiger partial charge on any atom is -0.361 e. The molecule has 0 saturated carbocycles. The van der Waals surface area contributed by atoms with Gasteiger partial charge in [0.15, 0.2) is 16.8 Å². The number of rotatable bonds is 4. The summed E-state index contributed by atoms with van der Waals surface area (Å²) in [6, 6.07) is 14.4. The van der Waals surface area contributed by atoms with E-state index in [1.807, 2.05) is 43.5 Å². The second-order valence-corrected chi connectivity index (χ2v) is 7.93. The summed E-state index contributed by atoms with van der Waals surface area (Å²) in [5, 5.41) is 13.9. The molecule has 0 aliphatic carbocycles. The van der Waals surface area contributed by atoms with Gasteiger partial charge in [0.25, 0.3) is 5.56 Å².